The normalized spacial score (nSPS) is 12.6. The molecule has 0 aromatic heterocycles. The fraction of sp³-hybridized carbons (Fsp3) is 0.125. The Morgan fingerprint density at radius 3 is 2.08 bits per heavy atom. The van der Waals surface area contributed by atoms with Gasteiger partial charge in [0.25, 0.3) is 0 Å². The fourth-order valence-corrected chi connectivity index (χ4v) is 1.08. The van der Waals surface area contributed by atoms with Gasteiger partial charge in [-0.1, -0.05) is 15.9 Å². The minimum absolute atomic E-state index is 0.0476. The molecule has 1 unspecified atom stereocenters. The molecule has 70 valence electrons. The van der Waals surface area contributed by atoms with Crippen molar-refractivity contribution in [2.24, 2.45) is 0 Å². The summed E-state index contributed by atoms with van der Waals surface area (Å²) in [6.07, 6.45) is 0.451. The molecule has 0 bridgehead atoms. The summed E-state index contributed by atoms with van der Waals surface area (Å²) in [6.45, 7) is 0. The summed E-state index contributed by atoms with van der Waals surface area (Å²) in [4.78, 5) is 9.41. The van der Waals surface area contributed by atoms with Crippen LogP contribution in [0.2, 0.25) is 0 Å². The van der Waals surface area contributed by atoms with Crippen molar-refractivity contribution in [3.63, 3.8) is 0 Å². The number of aldehydes is 1. The molecule has 0 aliphatic heterocycles. The van der Waals surface area contributed by atoms with Gasteiger partial charge < -0.3 is 4.79 Å². The minimum atomic E-state index is -1.53. The lowest BCUT2D eigenvalue weighted by atomic mass is 10.1. The molecule has 0 N–H and O–H groups in total. The van der Waals surface area contributed by atoms with E-state index in [1.165, 1.54) is 0 Å². The summed E-state index contributed by atoms with van der Waals surface area (Å²) >= 11 is 2.85. The molecule has 1 nitrogen and oxygen atoms in total. The second kappa shape index (κ2) is 3.91. The highest BCUT2D eigenvalue weighted by molar-refractivity contribution is 9.09. The molecule has 0 saturated heterocycles. The van der Waals surface area contributed by atoms with Gasteiger partial charge in [-0.05, 0) is 17.7 Å². The Kier molecular flexibility index (Phi) is 3.08. The van der Waals surface area contributed by atoms with Gasteiger partial charge in [-0.25, -0.2) is 13.2 Å². The van der Waals surface area contributed by atoms with E-state index in [4.69, 9.17) is 0 Å². The largest absolute Gasteiger partial charge is 0.302 e. The minimum Gasteiger partial charge on any atom is -0.302 e. The molecule has 0 fully saturated rings. The van der Waals surface area contributed by atoms with Crippen LogP contribution in [0.15, 0.2) is 12.1 Å². The van der Waals surface area contributed by atoms with Crippen molar-refractivity contribution in [3.05, 3.63) is 35.1 Å². The zero-order chi connectivity index (χ0) is 10.0. The molecule has 0 heterocycles. The predicted molar refractivity (Wildman–Crippen MR) is 44.0 cm³/mol. The average Bonchev–Trinajstić information content (AvgIpc) is 2.12. The fourth-order valence-electron chi connectivity index (χ4n) is 0.813. The number of rotatable bonds is 2. The first-order chi connectivity index (χ1) is 6.06. The summed E-state index contributed by atoms with van der Waals surface area (Å²) in [6, 6.07) is 1.54. The average molecular weight is 253 g/mol. The first-order valence-corrected chi connectivity index (χ1v) is 4.21. The molecule has 0 aliphatic carbocycles. The molecular formula is C8H4BrF3O. The third-order valence-corrected chi connectivity index (χ3v) is 2.19. The summed E-state index contributed by atoms with van der Waals surface area (Å²) in [5, 5.41) is 0. The van der Waals surface area contributed by atoms with Gasteiger partial charge in [0.15, 0.2) is 17.5 Å². The Hall–Kier alpha value is -0.840. The maximum absolute atomic E-state index is 12.6. The highest BCUT2D eigenvalue weighted by atomic mass is 79.9. The van der Waals surface area contributed by atoms with Crippen molar-refractivity contribution in [1.82, 2.24) is 0 Å². The lowest BCUT2D eigenvalue weighted by Crippen LogP contribution is -1.97. The number of hydrogen-bond donors (Lipinski definition) is 0. The van der Waals surface area contributed by atoms with Gasteiger partial charge in [-0.3, -0.25) is 0 Å². The number of carbonyl (C=O) groups is 1. The van der Waals surface area contributed by atoms with Crippen LogP contribution in [0.25, 0.3) is 0 Å². The smallest absolute Gasteiger partial charge is 0.194 e. The van der Waals surface area contributed by atoms with Gasteiger partial charge in [0, 0.05) is 0 Å². The van der Waals surface area contributed by atoms with Gasteiger partial charge in [-0.15, -0.1) is 0 Å². The first kappa shape index (κ1) is 10.2. The Morgan fingerprint density at radius 2 is 1.69 bits per heavy atom. The zero-order valence-corrected chi connectivity index (χ0v) is 7.82. The van der Waals surface area contributed by atoms with Crippen LogP contribution in [0.1, 0.15) is 10.4 Å². The summed E-state index contributed by atoms with van der Waals surface area (Å²) < 4.78 is 37.6. The second-order valence-corrected chi connectivity index (χ2v) is 3.32. The van der Waals surface area contributed by atoms with Crippen LogP contribution in [0.3, 0.4) is 0 Å². The van der Waals surface area contributed by atoms with E-state index in [0.717, 1.165) is 12.1 Å². The maximum Gasteiger partial charge on any atom is 0.194 e. The quantitative estimate of drug-likeness (QED) is 0.450. The highest BCUT2D eigenvalue weighted by Crippen LogP contribution is 2.23. The van der Waals surface area contributed by atoms with E-state index in [2.05, 4.69) is 15.9 Å². The van der Waals surface area contributed by atoms with Crippen molar-refractivity contribution >= 4 is 22.2 Å². The van der Waals surface area contributed by atoms with Crippen LogP contribution in [0.5, 0.6) is 0 Å². The van der Waals surface area contributed by atoms with Crippen molar-refractivity contribution < 1.29 is 18.0 Å². The molecule has 0 aliphatic rings. The Labute approximate surface area is 80.7 Å². The van der Waals surface area contributed by atoms with Gasteiger partial charge in [0.05, 0.1) is 4.83 Å². The van der Waals surface area contributed by atoms with E-state index in [1.807, 2.05) is 0 Å². The van der Waals surface area contributed by atoms with E-state index in [9.17, 15) is 18.0 Å². The third kappa shape index (κ3) is 2.09. The molecule has 13 heavy (non-hydrogen) atoms. The van der Waals surface area contributed by atoms with E-state index >= 15 is 0 Å². The van der Waals surface area contributed by atoms with Crippen molar-refractivity contribution in [2.75, 3.05) is 0 Å². The van der Waals surface area contributed by atoms with E-state index in [1.54, 1.807) is 0 Å². The number of alkyl halides is 1. The molecule has 1 aromatic carbocycles. The predicted octanol–water partition coefficient (Wildman–Crippen LogP) is 2.74. The van der Waals surface area contributed by atoms with Crippen molar-refractivity contribution in [1.29, 1.82) is 0 Å². The molecule has 0 saturated carbocycles. The van der Waals surface area contributed by atoms with Gasteiger partial charge in [0.1, 0.15) is 6.29 Å². The molecule has 1 aromatic rings. The molecule has 0 amide bonds. The standard InChI is InChI=1S/C8H4BrF3O/c9-5(3-13)4-1-6(10)8(12)7(11)2-4/h1-3,5H. The lowest BCUT2D eigenvalue weighted by molar-refractivity contribution is -0.107. The van der Waals surface area contributed by atoms with Crippen LogP contribution in [0, 0.1) is 17.5 Å². The molecule has 5 heteroatoms. The Bertz CT molecular complexity index is 317. The molecule has 1 atom stereocenters. The monoisotopic (exact) mass is 252 g/mol. The highest BCUT2D eigenvalue weighted by Gasteiger charge is 2.14. The molecule has 0 radical (unpaired) electrons. The van der Waals surface area contributed by atoms with E-state index < -0.39 is 22.3 Å². The van der Waals surface area contributed by atoms with Crippen LogP contribution in [-0.4, -0.2) is 6.29 Å². The second-order valence-electron chi connectivity index (χ2n) is 2.34. The first-order valence-electron chi connectivity index (χ1n) is 3.30. The van der Waals surface area contributed by atoms with Gasteiger partial charge in [-0.2, -0.15) is 0 Å². The summed E-state index contributed by atoms with van der Waals surface area (Å²) in [5.41, 5.74) is 0.0476. The third-order valence-electron chi connectivity index (χ3n) is 1.44. The van der Waals surface area contributed by atoms with Crippen molar-refractivity contribution in [3.8, 4) is 0 Å². The Balaban J connectivity index is 3.20. The van der Waals surface area contributed by atoms with Crippen LogP contribution in [-0.2, 0) is 4.79 Å². The Morgan fingerprint density at radius 1 is 1.23 bits per heavy atom. The van der Waals surface area contributed by atoms with Crippen molar-refractivity contribution in [2.45, 2.75) is 4.83 Å². The lowest BCUT2D eigenvalue weighted by Gasteiger charge is -2.03. The molecular weight excluding hydrogens is 249 g/mol. The van der Waals surface area contributed by atoms with Crippen LogP contribution in [0.4, 0.5) is 13.2 Å². The van der Waals surface area contributed by atoms with Gasteiger partial charge >= 0.3 is 0 Å². The number of carbonyl (C=O) groups excluding carboxylic acids is 1. The number of benzene rings is 1. The van der Waals surface area contributed by atoms with Gasteiger partial charge in [0.2, 0.25) is 0 Å². The van der Waals surface area contributed by atoms with Crippen LogP contribution < -0.4 is 0 Å². The van der Waals surface area contributed by atoms with Crippen LogP contribution >= 0.6 is 15.9 Å². The summed E-state index contributed by atoms with van der Waals surface area (Å²) in [5.74, 6) is -4.14. The van der Waals surface area contributed by atoms with E-state index in [-0.39, 0.29) is 5.56 Å². The topological polar surface area (TPSA) is 17.1 Å². The molecule has 0 spiro atoms. The SMILES string of the molecule is O=CC(Br)c1cc(F)c(F)c(F)c1. The van der Waals surface area contributed by atoms with E-state index in [0.29, 0.717) is 6.29 Å². The number of halogens is 4. The summed E-state index contributed by atoms with van der Waals surface area (Å²) in [7, 11) is 0. The maximum atomic E-state index is 12.6. The molecule has 1 rings (SSSR count). The number of hydrogen-bond acceptors (Lipinski definition) is 1. The zero-order valence-electron chi connectivity index (χ0n) is 6.23.